The lowest BCUT2D eigenvalue weighted by molar-refractivity contribution is 0.235. The normalized spacial score (nSPS) is 11.2. The molecular weight excluding hydrogens is 232 g/mol. The van der Waals surface area contributed by atoms with Crippen molar-refractivity contribution in [1.82, 2.24) is 0 Å². The Kier molecular flexibility index (Phi) is 3.80. The number of ether oxygens (including phenoxy) is 1. The highest BCUT2D eigenvalue weighted by Crippen LogP contribution is 2.20. The average Bonchev–Trinajstić information content (AvgIpc) is 2.20. The number of rotatable bonds is 4. The SMILES string of the molecule is CC(C)(COc1ccc(F)c(F)c1)C(N)=S. The summed E-state index contributed by atoms with van der Waals surface area (Å²) in [4.78, 5) is 0.315. The van der Waals surface area contributed by atoms with Crippen LogP contribution in [0.15, 0.2) is 18.2 Å². The molecule has 0 atom stereocenters. The van der Waals surface area contributed by atoms with Crippen LogP contribution in [-0.2, 0) is 0 Å². The van der Waals surface area contributed by atoms with Crippen molar-refractivity contribution in [3.63, 3.8) is 0 Å². The monoisotopic (exact) mass is 245 g/mol. The van der Waals surface area contributed by atoms with Gasteiger partial charge in [-0.25, -0.2) is 8.78 Å². The van der Waals surface area contributed by atoms with E-state index in [0.717, 1.165) is 12.1 Å². The van der Waals surface area contributed by atoms with Gasteiger partial charge in [0.25, 0.3) is 0 Å². The summed E-state index contributed by atoms with van der Waals surface area (Å²) in [6.07, 6.45) is 0. The Hall–Kier alpha value is -1.23. The third-order valence-corrected chi connectivity index (χ3v) is 2.71. The van der Waals surface area contributed by atoms with Crippen LogP contribution in [0.1, 0.15) is 13.8 Å². The fraction of sp³-hybridized carbons (Fsp3) is 0.364. The van der Waals surface area contributed by atoms with Crippen LogP contribution in [0.3, 0.4) is 0 Å². The summed E-state index contributed by atoms with van der Waals surface area (Å²) in [5.41, 5.74) is 5.02. The van der Waals surface area contributed by atoms with E-state index < -0.39 is 17.0 Å². The number of benzene rings is 1. The molecule has 0 saturated heterocycles. The minimum Gasteiger partial charge on any atom is -0.492 e. The molecule has 0 amide bonds. The predicted octanol–water partition coefficient (Wildman–Crippen LogP) is 2.66. The Bertz CT molecular complexity index is 407. The summed E-state index contributed by atoms with van der Waals surface area (Å²) in [6.45, 7) is 3.85. The van der Waals surface area contributed by atoms with Crippen molar-refractivity contribution in [2.45, 2.75) is 13.8 Å². The zero-order valence-corrected chi connectivity index (χ0v) is 9.91. The molecule has 0 spiro atoms. The highest BCUT2D eigenvalue weighted by molar-refractivity contribution is 7.80. The summed E-state index contributed by atoms with van der Waals surface area (Å²) < 4.78 is 30.8. The average molecular weight is 245 g/mol. The van der Waals surface area contributed by atoms with Gasteiger partial charge < -0.3 is 10.5 Å². The number of thiocarbonyl (C=S) groups is 1. The first-order valence-corrected chi connectivity index (χ1v) is 5.11. The van der Waals surface area contributed by atoms with E-state index in [-0.39, 0.29) is 12.4 Å². The molecular formula is C11H13F2NOS. The van der Waals surface area contributed by atoms with Crippen LogP contribution in [0, 0.1) is 17.0 Å². The van der Waals surface area contributed by atoms with Gasteiger partial charge in [-0.1, -0.05) is 26.1 Å². The number of hydrogen-bond donors (Lipinski definition) is 1. The van der Waals surface area contributed by atoms with Crippen molar-refractivity contribution in [2.75, 3.05) is 6.61 Å². The summed E-state index contributed by atoms with van der Waals surface area (Å²) in [6, 6.07) is 3.36. The summed E-state index contributed by atoms with van der Waals surface area (Å²) in [7, 11) is 0. The van der Waals surface area contributed by atoms with E-state index in [1.165, 1.54) is 6.07 Å². The van der Waals surface area contributed by atoms with E-state index >= 15 is 0 Å². The second kappa shape index (κ2) is 4.74. The molecule has 5 heteroatoms. The van der Waals surface area contributed by atoms with E-state index in [9.17, 15) is 8.78 Å². The van der Waals surface area contributed by atoms with Gasteiger partial charge in [-0.15, -0.1) is 0 Å². The molecule has 0 aliphatic carbocycles. The molecule has 1 aromatic rings. The molecule has 0 unspecified atom stereocenters. The fourth-order valence-corrected chi connectivity index (χ4v) is 0.960. The van der Waals surface area contributed by atoms with Crippen LogP contribution in [0.4, 0.5) is 8.78 Å². The van der Waals surface area contributed by atoms with Gasteiger partial charge in [-0.05, 0) is 12.1 Å². The molecule has 0 bridgehead atoms. The number of hydrogen-bond acceptors (Lipinski definition) is 2. The second-order valence-electron chi connectivity index (χ2n) is 4.11. The van der Waals surface area contributed by atoms with Gasteiger partial charge >= 0.3 is 0 Å². The lowest BCUT2D eigenvalue weighted by Gasteiger charge is -2.23. The minimum atomic E-state index is -0.939. The van der Waals surface area contributed by atoms with Crippen molar-refractivity contribution >= 4 is 17.2 Å². The van der Waals surface area contributed by atoms with Crippen molar-refractivity contribution in [3.8, 4) is 5.75 Å². The first-order chi connectivity index (χ1) is 7.33. The van der Waals surface area contributed by atoms with Crippen LogP contribution in [0.5, 0.6) is 5.75 Å². The molecule has 2 N–H and O–H groups in total. The Balaban J connectivity index is 2.68. The topological polar surface area (TPSA) is 35.2 Å². The van der Waals surface area contributed by atoms with Gasteiger partial charge in [0.05, 0.1) is 11.6 Å². The zero-order chi connectivity index (χ0) is 12.3. The van der Waals surface area contributed by atoms with Crippen molar-refractivity contribution in [3.05, 3.63) is 29.8 Å². The van der Waals surface area contributed by atoms with Crippen molar-refractivity contribution < 1.29 is 13.5 Å². The van der Waals surface area contributed by atoms with Crippen molar-refractivity contribution in [1.29, 1.82) is 0 Å². The molecule has 0 radical (unpaired) electrons. The fourth-order valence-electron chi connectivity index (χ4n) is 0.902. The van der Waals surface area contributed by atoms with Gasteiger partial charge in [0.1, 0.15) is 5.75 Å². The maximum Gasteiger partial charge on any atom is 0.162 e. The highest BCUT2D eigenvalue weighted by Gasteiger charge is 2.22. The summed E-state index contributed by atoms with van der Waals surface area (Å²) in [5.74, 6) is -1.59. The molecule has 88 valence electrons. The molecule has 1 rings (SSSR count). The zero-order valence-electron chi connectivity index (χ0n) is 9.09. The predicted molar refractivity (Wildman–Crippen MR) is 62.4 cm³/mol. The standard InChI is InChI=1S/C11H13F2NOS/c1-11(2,10(14)16)6-15-7-3-4-8(12)9(13)5-7/h3-5H,6H2,1-2H3,(H2,14,16). The Morgan fingerprint density at radius 2 is 2.00 bits per heavy atom. The van der Waals surface area contributed by atoms with Gasteiger partial charge in [0, 0.05) is 11.5 Å². The van der Waals surface area contributed by atoms with Gasteiger partial charge in [0.2, 0.25) is 0 Å². The lowest BCUT2D eigenvalue weighted by atomic mass is 9.95. The summed E-state index contributed by atoms with van der Waals surface area (Å²) in [5, 5.41) is 0. The highest BCUT2D eigenvalue weighted by atomic mass is 32.1. The lowest BCUT2D eigenvalue weighted by Crippen LogP contribution is -2.35. The minimum absolute atomic E-state index is 0.216. The first-order valence-electron chi connectivity index (χ1n) is 4.71. The Morgan fingerprint density at radius 1 is 1.38 bits per heavy atom. The van der Waals surface area contributed by atoms with Crippen LogP contribution in [0.25, 0.3) is 0 Å². The van der Waals surface area contributed by atoms with E-state index in [0.29, 0.717) is 4.99 Å². The van der Waals surface area contributed by atoms with E-state index in [1.54, 1.807) is 0 Å². The molecule has 0 aliphatic heterocycles. The van der Waals surface area contributed by atoms with E-state index in [2.05, 4.69) is 0 Å². The van der Waals surface area contributed by atoms with E-state index in [1.807, 2.05) is 13.8 Å². The summed E-state index contributed by atoms with van der Waals surface area (Å²) >= 11 is 4.86. The van der Waals surface area contributed by atoms with Gasteiger partial charge in [0.15, 0.2) is 11.6 Å². The molecule has 0 heterocycles. The molecule has 0 saturated carbocycles. The molecule has 0 aliphatic rings. The largest absolute Gasteiger partial charge is 0.492 e. The quantitative estimate of drug-likeness (QED) is 0.828. The Labute approximate surface area is 98.4 Å². The maximum absolute atomic E-state index is 12.9. The first kappa shape index (κ1) is 12.8. The molecule has 0 aromatic heterocycles. The van der Waals surface area contributed by atoms with Crippen LogP contribution in [-0.4, -0.2) is 11.6 Å². The maximum atomic E-state index is 12.9. The second-order valence-corrected chi connectivity index (χ2v) is 4.55. The Morgan fingerprint density at radius 3 is 2.50 bits per heavy atom. The van der Waals surface area contributed by atoms with Crippen LogP contribution in [0.2, 0.25) is 0 Å². The van der Waals surface area contributed by atoms with Gasteiger partial charge in [-0.3, -0.25) is 0 Å². The van der Waals surface area contributed by atoms with E-state index in [4.69, 9.17) is 22.7 Å². The van der Waals surface area contributed by atoms with Crippen LogP contribution >= 0.6 is 12.2 Å². The van der Waals surface area contributed by atoms with Crippen molar-refractivity contribution in [2.24, 2.45) is 11.1 Å². The molecule has 16 heavy (non-hydrogen) atoms. The smallest absolute Gasteiger partial charge is 0.162 e. The van der Waals surface area contributed by atoms with Gasteiger partial charge in [-0.2, -0.15) is 0 Å². The van der Waals surface area contributed by atoms with Crippen LogP contribution < -0.4 is 10.5 Å². The molecule has 2 nitrogen and oxygen atoms in total. The third-order valence-electron chi connectivity index (χ3n) is 2.16. The molecule has 1 aromatic carbocycles. The third kappa shape index (κ3) is 3.13. The molecule has 0 fully saturated rings. The number of halogens is 2. The number of nitrogens with two attached hydrogens (primary N) is 1.